The first kappa shape index (κ1) is 11.6. The fourth-order valence-corrected chi connectivity index (χ4v) is 1.22. The zero-order chi connectivity index (χ0) is 10.8. The van der Waals surface area contributed by atoms with E-state index >= 15 is 0 Å². The summed E-state index contributed by atoms with van der Waals surface area (Å²) >= 11 is 0. The molecule has 1 rings (SSSR count). The van der Waals surface area contributed by atoms with Gasteiger partial charge >= 0.3 is 0 Å². The van der Waals surface area contributed by atoms with Gasteiger partial charge in [-0.05, 0) is 31.4 Å². The fraction of sp³-hybridized carbons (Fsp3) is 0.417. The van der Waals surface area contributed by atoms with Gasteiger partial charge in [0.15, 0.2) is 0 Å². The molecule has 0 aliphatic heterocycles. The van der Waals surface area contributed by atoms with E-state index in [2.05, 4.69) is 4.74 Å². The van der Waals surface area contributed by atoms with E-state index in [-0.39, 0.29) is 0 Å². The van der Waals surface area contributed by atoms with E-state index in [4.69, 9.17) is 4.74 Å². The Labute approximate surface area is 90.0 Å². The van der Waals surface area contributed by atoms with Crippen LogP contribution in [0.25, 0.3) is 0 Å². The Hall–Kier alpha value is -1.51. The van der Waals surface area contributed by atoms with Gasteiger partial charge in [-0.3, -0.25) is 4.79 Å². The van der Waals surface area contributed by atoms with Gasteiger partial charge in [0.25, 0.3) is 6.47 Å². The highest BCUT2D eigenvalue weighted by atomic mass is 16.5. The van der Waals surface area contributed by atoms with Crippen LogP contribution in [0.3, 0.4) is 0 Å². The lowest BCUT2D eigenvalue weighted by molar-refractivity contribution is -0.128. The van der Waals surface area contributed by atoms with Crippen molar-refractivity contribution in [3.63, 3.8) is 0 Å². The molecule has 0 bridgehead atoms. The zero-order valence-electron chi connectivity index (χ0n) is 8.72. The maximum Gasteiger partial charge on any atom is 0.293 e. The van der Waals surface area contributed by atoms with Crippen LogP contribution in [0.5, 0.6) is 5.75 Å². The second-order valence-electron chi connectivity index (χ2n) is 3.19. The lowest BCUT2D eigenvalue weighted by atomic mass is 10.2. The van der Waals surface area contributed by atoms with Gasteiger partial charge in [0.1, 0.15) is 5.75 Å². The summed E-state index contributed by atoms with van der Waals surface area (Å²) in [5.74, 6) is 0.904. The van der Waals surface area contributed by atoms with Crippen LogP contribution in [0.15, 0.2) is 30.3 Å². The molecule has 0 unspecified atom stereocenters. The molecule has 82 valence electrons. The SMILES string of the molecule is O=COCCCCCOc1ccccc1. The highest BCUT2D eigenvalue weighted by molar-refractivity contribution is 5.36. The quantitative estimate of drug-likeness (QED) is 0.486. The van der Waals surface area contributed by atoms with Gasteiger partial charge in [-0.25, -0.2) is 0 Å². The second-order valence-corrected chi connectivity index (χ2v) is 3.19. The molecule has 1 aromatic rings. The zero-order valence-corrected chi connectivity index (χ0v) is 8.72. The summed E-state index contributed by atoms with van der Waals surface area (Å²) in [5.41, 5.74) is 0. The summed E-state index contributed by atoms with van der Waals surface area (Å²) in [5, 5.41) is 0. The van der Waals surface area contributed by atoms with Crippen molar-refractivity contribution in [2.75, 3.05) is 13.2 Å². The molecule has 0 N–H and O–H groups in total. The summed E-state index contributed by atoms with van der Waals surface area (Å²) < 4.78 is 10.1. The first-order valence-corrected chi connectivity index (χ1v) is 5.16. The molecular weight excluding hydrogens is 192 g/mol. The van der Waals surface area contributed by atoms with Crippen LogP contribution in [-0.2, 0) is 9.53 Å². The van der Waals surface area contributed by atoms with Gasteiger partial charge in [-0.1, -0.05) is 18.2 Å². The van der Waals surface area contributed by atoms with Gasteiger partial charge in [0.05, 0.1) is 13.2 Å². The van der Waals surface area contributed by atoms with Crippen molar-refractivity contribution in [3.05, 3.63) is 30.3 Å². The molecule has 0 aromatic heterocycles. The lowest BCUT2D eigenvalue weighted by Gasteiger charge is -2.05. The third kappa shape index (κ3) is 5.73. The predicted octanol–water partition coefficient (Wildman–Crippen LogP) is 2.41. The van der Waals surface area contributed by atoms with Gasteiger partial charge in [-0.2, -0.15) is 0 Å². The van der Waals surface area contributed by atoms with Crippen molar-refractivity contribution in [1.82, 2.24) is 0 Å². The Morgan fingerprint density at radius 2 is 1.73 bits per heavy atom. The molecule has 0 amide bonds. The van der Waals surface area contributed by atoms with Crippen molar-refractivity contribution < 1.29 is 14.3 Å². The van der Waals surface area contributed by atoms with Crippen LogP contribution >= 0.6 is 0 Å². The molecule has 0 atom stereocenters. The van der Waals surface area contributed by atoms with Crippen LogP contribution in [0.4, 0.5) is 0 Å². The Balaban J connectivity index is 1.95. The molecule has 15 heavy (non-hydrogen) atoms. The minimum atomic E-state index is 0.487. The van der Waals surface area contributed by atoms with Crippen molar-refractivity contribution in [2.45, 2.75) is 19.3 Å². The fourth-order valence-electron chi connectivity index (χ4n) is 1.22. The Morgan fingerprint density at radius 1 is 1.00 bits per heavy atom. The summed E-state index contributed by atoms with van der Waals surface area (Å²) in [7, 11) is 0. The monoisotopic (exact) mass is 208 g/mol. The Morgan fingerprint density at radius 3 is 2.47 bits per heavy atom. The van der Waals surface area contributed by atoms with E-state index in [1.165, 1.54) is 0 Å². The number of ether oxygens (including phenoxy) is 2. The van der Waals surface area contributed by atoms with E-state index in [0.717, 1.165) is 25.0 Å². The van der Waals surface area contributed by atoms with Crippen LogP contribution in [0, 0.1) is 0 Å². The van der Waals surface area contributed by atoms with Crippen molar-refractivity contribution in [2.24, 2.45) is 0 Å². The summed E-state index contributed by atoms with van der Waals surface area (Å²) in [6, 6.07) is 9.75. The first-order chi connectivity index (χ1) is 7.43. The second kappa shape index (κ2) is 7.85. The van der Waals surface area contributed by atoms with Crippen molar-refractivity contribution in [1.29, 1.82) is 0 Å². The molecule has 0 radical (unpaired) electrons. The summed E-state index contributed by atoms with van der Waals surface area (Å²) in [6.45, 7) is 1.71. The average Bonchev–Trinajstić information content (AvgIpc) is 2.29. The van der Waals surface area contributed by atoms with Crippen LogP contribution in [0.2, 0.25) is 0 Å². The summed E-state index contributed by atoms with van der Waals surface area (Å²) in [6.07, 6.45) is 2.90. The number of hydrogen-bond acceptors (Lipinski definition) is 3. The number of carbonyl (C=O) groups excluding carboxylic acids is 1. The number of para-hydroxylation sites is 1. The Kier molecular flexibility index (Phi) is 6.05. The molecule has 3 nitrogen and oxygen atoms in total. The van der Waals surface area contributed by atoms with E-state index in [9.17, 15) is 4.79 Å². The first-order valence-electron chi connectivity index (χ1n) is 5.16. The molecule has 3 heteroatoms. The van der Waals surface area contributed by atoms with Crippen molar-refractivity contribution in [3.8, 4) is 5.75 Å². The molecule has 0 saturated carbocycles. The Bertz CT molecular complexity index is 259. The maximum absolute atomic E-state index is 9.83. The molecule has 0 spiro atoms. The van der Waals surface area contributed by atoms with Crippen LogP contribution in [-0.4, -0.2) is 19.7 Å². The number of rotatable bonds is 8. The molecule has 0 fully saturated rings. The minimum Gasteiger partial charge on any atom is -0.494 e. The molecule has 0 heterocycles. The van der Waals surface area contributed by atoms with E-state index < -0.39 is 0 Å². The minimum absolute atomic E-state index is 0.487. The van der Waals surface area contributed by atoms with E-state index in [0.29, 0.717) is 19.7 Å². The maximum atomic E-state index is 9.83. The standard InChI is InChI=1S/C12H16O3/c13-11-14-9-5-2-6-10-15-12-7-3-1-4-8-12/h1,3-4,7-8,11H,2,5-6,9-10H2. The third-order valence-corrected chi connectivity index (χ3v) is 1.99. The average molecular weight is 208 g/mol. The highest BCUT2D eigenvalue weighted by Crippen LogP contribution is 2.09. The van der Waals surface area contributed by atoms with Crippen LogP contribution < -0.4 is 4.74 Å². The third-order valence-electron chi connectivity index (χ3n) is 1.99. The van der Waals surface area contributed by atoms with Gasteiger partial charge in [0.2, 0.25) is 0 Å². The molecular formula is C12H16O3. The molecule has 0 saturated heterocycles. The molecule has 0 aliphatic rings. The number of hydrogen-bond donors (Lipinski definition) is 0. The van der Waals surface area contributed by atoms with Gasteiger partial charge < -0.3 is 9.47 Å². The predicted molar refractivity (Wildman–Crippen MR) is 57.8 cm³/mol. The topological polar surface area (TPSA) is 35.5 Å². The van der Waals surface area contributed by atoms with Crippen molar-refractivity contribution >= 4 is 6.47 Å². The lowest BCUT2D eigenvalue weighted by Crippen LogP contribution is -1.98. The number of benzene rings is 1. The highest BCUT2D eigenvalue weighted by Gasteiger charge is 1.92. The molecule has 1 aromatic carbocycles. The largest absolute Gasteiger partial charge is 0.494 e. The number of unbranched alkanes of at least 4 members (excludes halogenated alkanes) is 2. The normalized spacial score (nSPS) is 9.60. The smallest absolute Gasteiger partial charge is 0.293 e. The van der Waals surface area contributed by atoms with E-state index in [1.54, 1.807) is 0 Å². The number of carbonyl (C=O) groups is 1. The van der Waals surface area contributed by atoms with Gasteiger partial charge in [-0.15, -0.1) is 0 Å². The van der Waals surface area contributed by atoms with Gasteiger partial charge in [0, 0.05) is 0 Å². The van der Waals surface area contributed by atoms with E-state index in [1.807, 2.05) is 30.3 Å². The molecule has 0 aliphatic carbocycles. The summed E-state index contributed by atoms with van der Waals surface area (Å²) in [4.78, 5) is 9.83. The van der Waals surface area contributed by atoms with Crippen LogP contribution in [0.1, 0.15) is 19.3 Å².